The summed E-state index contributed by atoms with van der Waals surface area (Å²) < 4.78 is 0. The van der Waals surface area contributed by atoms with Gasteiger partial charge in [0.05, 0.1) is 0 Å². The van der Waals surface area contributed by atoms with E-state index in [9.17, 15) is 0 Å². The first-order valence-electron chi connectivity index (χ1n) is 6.55. The van der Waals surface area contributed by atoms with Gasteiger partial charge in [-0.25, -0.2) is 0 Å². The summed E-state index contributed by atoms with van der Waals surface area (Å²) in [5, 5.41) is 0. The average molecular weight is 218 g/mol. The van der Waals surface area contributed by atoms with Gasteiger partial charge >= 0.3 is 0 Å². The van der Waals surface area contributed by atoms with E-state index in [1.54, 1.807) is 0 Å². The Morgan fingerprint density at radius 3 is 2.25 bits per heavy atom. The Kier molecular flexibility index (Phi) is 4.58. The maximum absolute atomic E-state index is 2.40. The predicted octanol–water partition coefficient (Wildman–Crippen LogP) is 5.00. The third-order valence-corrected chi connectivity index (χ3v) is 4.24. The molecular formula is C16H26. The summed E-state index contributed by atoms with van der Waals surface area (Å²) >= 11 is 0. The van der Waals surface area contributed by atoms with Crippen LogP contribution in [0.1, 0.15) is 51.7 Å². The highest BCUT2D eigenvalue weighted by Crippen LogP contribution is 2.35. The molecule has 0 radical (unpaired) electrons. The molecule has 0 aromatic heterocycles. The molecule has 16 heavy (non-hydrogen) atoms. The Morgan fingerprint density at radius 1 is 1.12 bits per heavy atom. The fourth-order valence-electron chi connectivity index (χ4n) is 2.37. The molecular weight excluding hydrogens is 192 g/mol. The fraction of sp³-hybridized carbons (Fsp3) is 0.625. The molecule has 1 aromatic carbocycles. The van der Waals surface area contributed by atoms with Crippen LogP contribution in [0.2, 0.25) is 0 Å². The number of benzene rings is 1. The van der Waals surface area contributed by atoms with E-state index in [4.69, 9.17) is 0 Å². The first kappa shape index (κ1) is 13.3. The summed E-state index contributed by atoms with van der Waals surface area (Å²) in [6.45, 7) is 11.7. The van der Waals surface area contributed by atoms with Crippen LogP contribution in [0, 0.1) is 18.3 Å². The van der Waals surface area contributed by atoms with E-state index >= 15 is 0 Å². The molecule has 0 aliphatic carbocycles. The normalized spacial score (nSPS) is 13.8. The standard InChI is InChI=1S/C16H26/c1-6-15(16(4,5)7-2)12-14-11-9-8-10-13(14)3/h8-11,15H,6-7,12H2,1-5H3. The van der Waals surface area contributed by atoms with E-state index in [1.807, 2.05) is 0 Å². The Balaban J connectivity index is 2.82. The third-order valence-electron chi connectivity index (χ3n) is 4.24. The van der Waals surface area contributed by atoms with Gasteiger partial charge in [-0.05, 0) is 35.8 Å². The van der Waals surface area contributed by atoms with Crippen molar-refractivity contribution >= 4 is 0 Å². The smallest absolute Gasteiger partial charge is 0.0243 e. The highest BCUT2D eigenvalue weighted by molar-refractivity contribution is 5.26. The van der Waals surface area contributed by atoms with Crippen LogP contribution >= 0.6 is 0 Å². The van der Waals surface area contributed by atoms with Crippen LogP contribution in [-0.4, -0.2) is 0 Å². The second kappa shape index (κ2) is 5.52. The zero-order chi connectivity index (χ0) is 12.2. The number of rotatable bonds is 5. The molecule has 0 bridgehead atoms. The molecule has 1 unspecified atom stereocenters. The maximum Gasteiger partial charge on any atom is -0.0243 e. The number of aryl methyl sites for hydroxylation is 1. The first-order chi connectivity index (χ1) is 7.51. The largest absolute Gasteiger partial charge is 0.0651 e. The van der Waals surface area contributed by atoms with E-state index in [2.05, 4.69) is 58.9 Å². The highest BCUT2D eigenvalue weighted by Gasteiger charge is 2.26. The van der Waals surface area contributed by atoms with Gasteiger partial charge in [-0.1, -0.05) is 64.8 Å². The Bertz CT molecular complexity index is 323. The van der Waals surface area contributed by atoms with E-state index < -0.39 is 0 Å². The molecule has 1 aromatic rings. The van der Waals surface area contributed by atoms with Crippen molar-refractivity contribution in [3.63, 3.8) is 0 Å². The van der Waals surface area contributed by atoms with E-state index in [0.717, 1.165) is 5.92 Å². The minimum atomic E-state index is 0.455. The fourth-order valence-corrected chi connectivity index (χ4v) is 2.37. The van der Waals surface area contributed by atoms with Crippen molar-refractivity contribution in [2.24, 2.45) is 11.3 Å². The Hall–Kier alpha value is -0.780. The van der Waals surface area contributed by atoms with Crippen LogP contribution in [0.4, 0.5) is 0 Å². The van der Waals surface area contributed by atoms with Gasteiger partial charge in [-0.15, -0.1) is 0 Å². The van der Waals surface area contributed by atoms with Gasteiger partial charge in [-0.3, -0.25) is 0 Å². The molecule has 1 atom stereocenters. The minimum Gasteiger partial charge on any atom is -0.0651 e. The van der Waals surface area contributed by atoms with Crippen LogP contribution in [0.15, 0.2) is 24.3 Å². The molecule has 0 saturated carbocycles. The summed E-state index contributed by atoms with van der Waals surface area (Å²) in [5.41, 5.74) is 3.42. The molecule has 1 rings (SSSR count). The summed E-state index contributed by atoms with van der Waals surface area (Å²) in [6, 6.07) is 8.80. The van der Waals surface area contributed by atoms with Crippen LogP contribution in [-0.2, 0) is 6.42 Å². The van der Waals surface area contributed by atoms with Gasteiger partial charge in [0, 0.05) is 0 Å². The molecule has 0 aliphatic heterocycles. The van der Waals surface area contributed by atoms with Gasteiger partial charge in [0.2, 0.25) is 0 Å². The monoisotopic (exact) mass is 218 g/mol. The van der Waals surface area contributed by atoms with Crippen LogP contribution in [0.5, 0.6) is 0 Å². The second-order valence-corrected chi connectivity index (χ2v) is 5.58. The molecule has 0 heterocycles. The first-order valence-corrected chi connectivity index (χ1v) is 6.55. The van der Waals surface area contributed by atoms with Crippen molar-refractivity contribution in [1.82, 2.24) is 0 Å². The number of hydrogen-bond donors (Lipinski definition) is 0. The molecule has 0 amide bonds. The molecule has 0 nitrogen and oxygen atoms in total. The lowest BCUT2D eigenvalue weighted by atomic mass is 9.72. The summed E-state index contributed by atoms with van der Waals surface area (Å²) in [5.74, 6) is 0.790. The third kappa shape index (κ3) is 3.10. The van der Waals surface area contributed by atoms with Gasteiger partial charge in [0.25, 0.3) is 0 Å². The lowest BCUT2D eigenvalue weighted by molar-refractivity contribution is 0.195. The Morgan fingerprint density at radius 2 is 1.75 bits per heavy atom. The van der Waals surface area contributed by atoms with E-state index in [0.29, 0.717) is 5.41 Å². The van der Waals surface area contributed by atoms with E-state index in [-0.39, 0.29) is 0 Å². The topological polar surface area (TPSA) is 0 Å². The molecule has 0 spiro atoms. The van der Waals surface area contributed by atoms with Crippen molar-refractivity contribution < 1.29 is 0 Å². The van der Waals surface area contributed by atoms with Crippen LogP contribution < -0.4 is 0 Å². The summed E-state index contributed by atoms with van der Waals surface area (Å²) in [6.07, 6.45) is 3.76. The molecule has 90 valence electrons. The maximum atomic E-state index is 2.40. The average Bonchev–Trinajstić information content (AvgIpc) is 2.27. The Labute approximate surface area is 101 Å². The zero-order valence-electron chi connectivity index (χ0n) is 11.5. The SMILES string of the molecule is CCC(Cc1ccccc1C)C(C)(C)CC. The van der Waals surface area contributed by atoms with Crippen LogP contribution in [0.25, 0.3) is 0 Å². The van der Waals surface area contributed by atoms with Gasteiger partial charge in [0.1, 0.15) is 0 Å². The van der Waals surface area contributed by atoms with Crippen molar-refractivity contribution in [3.8, 4) is 0 Å². The summed E-state index contributed by atoms with van der Waals surface area (Å²) in [4.78, 5) is 0. The molecule has 0 N–H and O–H groups in total. The van der Waals surface area contributed by atoms with Crippen molar-refractivity contribution in [1.29, 1.82) is 0 Å². The van der Waals surface area contributed by atoms with E-state index in [1.165, 1.54) is 30.4 Å². The van der Waals surface area contributed by atoms with Gasteiger partial charge < -0.3 is 0 Å². The highest BCUT2D eigenvalue weighted by atomic mass is 14.3. The zero-order valence-corrected chi connectivity index (χ0v) is 11.5. The molecule has 0 aliphatic rings. The van der Waals surface area contributed by atoms with Gasteiger partial charge in [0.15, 0.2) is 0 Å². The van der Waals surface area contributed by atoms with Crippen molar-refractivity contribution in [2.75, 3.05) is 0 Å². The van der Waals surface area contributed by atoms with Crippen molar-refractivity contribution in [2.45, 2.75) is 53.9 Å². The van der Waals surface area contributed by atoms with Crippen LogP contribution in [0.3, 0.4) is 0 Å². The predicted molar refractivity (Wildman–Crippen MR) is 72.7 cm³/mol. The van der Waals surface area contributed by atoms with Crippen molar-refractivity contribution in [3.05, 3.63) is 35.4 Å². The molecule has 0 fully saturated rings. The minimum absolute atomic E-state index is 0.455. The van der Waals surface area contributed by atoms with Gasteiger partial charge in [-0.2, -0.15) is 0 Å². The molecule has 0 saturated heterocycles. The summed E-state index contributed by atoms with van der Waals surface area (Å²) in [7, 11) is 0. The lowest BCUT2D eigenvalue weighted by Crippen LogP contribution is -2.24. The second-order valence-electron chi connectivity index (χ2n) is 5.58. The molecule has 0 heteroatoms. The number of hydrogen-bond acceptors (Lipinski definition) is 0. The lowest BCUT2D eigenvalue weighted by Gasteiger charge is -2.33. The quantitative estimate of drug-likeness (QED) is 0.652.